The lowest BCUT2D eigenvalue weighted by Crippen LogP contribution is -2.13. The molecule has 3 rings (SSSR count). The van der Waals surface area contributed by atoms with Crippen molar-refractivity contribution in [3.8, 4) is 6.07 Å². The van der Waals surface area contributed by atoms with E-state index < -0.39 is 12.5 Å². The third-order valence-corrected chi connectivity index (χ3v) is 4.76. The zero-order valence-corrected chi connectivity index (χ0v) is 12.3. The van der Waals surface area contributed by atoms with Crippen LogP contribution in [0, 0.1) is 11.3 Å². The van der Waals surface area contributed by atoms with Crippen LogP contribution in [0.1, 0.15) is 45.9 Å². The quantitative estimate of drug-likeness (QED) is 0.942. The van der Waals surface area contributed by atoms with Crippen LogP contribution in [0.3, 0.4) is 0 Å². The van der Waals surface area contributed by atoms with Gasteiger partial charge in [-0.15, -0.1) is 11.3 Å². The average molecular weight is 322 g/mol. The van der Waals surface area contributed by atoms with Crippen molar-refractivity contribution >= 4 is 22.2 Å². The van der Waals surface area contributed by atoms with Gasteiger partial charge in [-0.25, -0.2) is 4.68 Å². The van der Waals surface area contributed by atoms with Crippen LogP contribution in [-0.2, 0) is 12.8 Å². The van der Waals surface area contributed by atoms with Crippen LogP contribution < -0.4 is 5.32 Å². The van der Waals surface area contributed by atoms with Gasteiger partial charge in [0.25, 0.3) is 5.91 Å². The van der Waals surface area contributed by atoms with E-state index in [1.807, 2.05) is 0 Å². The fourth-order valence-corrected chi connectivity index (χ4v) is 3.74. The van der Waals surface area contributed by atoms with Crippen LogP contribution in [-0.4, -0.2) is 15.7 Å². The molecule has 0 aliphatic heterocycles. The van der Waals surface area contributed by atoms with Crippen molar-refractivity contribution in [2.24, 2.45) is 0 Å². The van der Waals surface area contributed by atoms with Gasteiger partial charge in [0.2, 0.25) is 0 Å². The van der Waals surface area contributed by atoms with Crippen molar-refractivity contribution in [2.75, 3.05) is 5.32 Å². The van der Waals surface area contributed by atoms with Crippen LogP contribution in [0.25, 0.3) is 0 Å². The molecule has 0 atom stereocenters. The Bertz CT molecular complexity index is 759. The number of aryl methyl sites for hydroxylation is 1. The Hall–Kier alpha value is -2.27. The minimum Gasteiger partial charge on any atom is -0.311 e. The molecule has 0 spiro atoms. The lowest BCUT2D eigenvalue weighted by atomic mass is 9.96. The smallest absolute Gasteiger partial charge is 0.311 e. The second kappa shape index (κ2) is 5.85. The van der Waals surface area contributed by atoms with Crippen molar-refractivity contribution < 1.29 is 13.6 Å². The van der Waals surface area contributed by atoms with E-state index in [4.69, 9.17) is 0 Å². The zero-order valence-electron chi connectivity index (χ0n) is 11.5. The molecule has 1 aliphatic carbocycles. The molecule has 0 radical (unpaired) electrons. The lowest BCUT2D eigenvalue weighted by molar-refractivity contribution is 0.0561. The largest absolute Gasteiger partial charge is 0.333 e. The molecule has 22 heavy (non-hydrogen) atoms. The van der Waals surface area contributed by atoms with Crippen LogP contribution in [0.5, 0.6) is 0 Å². The van der Waals surface area contributed by atoms with Gasteiger partial charge in [0, 0.05) is 11.1 Å². The van der Waals surface area contributed by atoms with E-state index in [1.54, 1.807) is 0 Å². The van der Waals surface area contributed by atoms with Crippen LogP contribution in [0.2, 0.25) is 0 Å². The molecule has 2 aromatic heterocycles. The third-order valence-electron chi connectivity index (χ3n) is 3.55. The zero-order chi connectivity index (χ0) is 15.7. The Morgan fingerprint density at radius 3 is 2.91 bits per heavy atom. The fourth-order valence-electron chi connectivity index (χ4n) is 2.51. The maximum Gasteiger partial charge on any atom is 0.333 e. The van der Waals surface area contributed by atoms with Crippen molar-refractivity contribution in [3.05, 3.63) is 34.0 Å². The standard InChI is InChI=1S/C14H12F2N4OS/c15-14(16)20-6-5-10(19-20)12(21)18-13-9(7-17)8-3-1-2-4-11(8)22-13/h5-6,14H,1-4H2,(H,18,21). The first-order valence-electron chi connectivity index (χ1n) is 6.79. The molecule has 8 heteroatoms. The summed E-state index contributed by atoms with van der Waals surface area (Å²) in [4.78, 5) is 13.2. The second-order valence-electron chi connectivity index (χ2n) is 4.94. The number of thiophene rings is 1. The van der Waals surface area contributed by atoms with Crippen LogP contribution in [0.15, 0.2) is 12.3 Å². The third kappa shape index (κ3) is 2.60. The highest BCUT2D eigenvalue weighted by Crippen LogP contribution is 2.37. The predicted octanol–water partition coefficient (Wildman–Crippen LogP) is 3.34. The number of rotatable bonds is 3. The van der Waals surface area contributed by atoms with E-state index >= 15 is 0 Å². The first kappa shape index (κ1) is 14.7. The molecule has 2 aromatic rings. The highest BCUT2D eigenvalue weighted by atomic mass is 32.1. The first-order valence-corrected chi connectivity index (χ1v) is 7.61. The van der Waals surface area contributed by atoms with Gasteiger partial charge in [0.15, 0.2) is 5.69 Å². The number of nitrogens with zero attached hydrogens (tertiary/aromatic N) is 3. The van der Waals surface area contributed by atoms with Crippen LogP contribution in [0.4, 0.5) is 13.8 Å². The molecule has 1 amide bonds. The average Bonchev–Trinajstić information content (AvgIpc) is 3.11. The van der Waals surface area contributed by atoms with Gasteiger partial charge in [-0.05, 0) is 37.3 Å². The van der Waals surface area contributed by atoms with E-state index in [-0.39, 0.29) is 5.69 Å². The summed E-state index contributed by atoms with van der Waals surface area (Å²) >= 11 is 1.39. The highest BCUT2D eigenvalue weighted by molar-refractivity contribution is 7.16. The van der Waals surface area contributed by atoms with Crippen molar-refractivity contribution in [3.63, 3.8) is 0 Å². The van der Waals surface area contributed by atoms with Crippen molar-refractivity contribution in [2.45, 2.75) is 32.2 Å². The van der Waals surface area contributed by atoms with Gasteiger partial charge >= 0.3 is 6.55 Å². The Morgan fingerprint density at radius 1 is 1.45 bits per heavy atom. The monoisotopic (exact) mass is 322 g/mol. The number of hydrogen-bond acceptors (Lipinski definition) is 4. The van der Waals surface area contributed by atoms with Gasteiger partial charge in [0.05, 0.1) is 5.56 Å². The number of anilines is 1. The molecular formula is C14H12F2N4OS. The molecule has 1 N–H and O–H groups in total. The normalized spacial score (nSPS) is 13.7. The molecule has 0 fully saturated rings. The molecule has 1 aliphatic rings. The Labute approximate surface area is 129 Å². The summed E-state index contributed by atoms with van der Waals surface area (Å²) < 4.78 is 25.4. The maximum absolute atomic E-state index is 12.5. The molecule has 2 heterocycles. The summed E-state index contributed by atoms with van der Waals surface area (Å²) in [7, 11) is 0. The molecule has 0 aromatic carbocycles. The number of halogens is 2. The van der Waals surface area contributed by atoms with E-state index in [0.29, 0.717) is 15.2 Å². The van der Waals surface area contributed by atoms with Crippen LogP contribution >= 0.6 is 11.3 Å². The molecule has 114 valence electrons. The molecule has 0 saturated carbocycles. The van der Waals surface area contributed by atoms with Gasteiger partial charge in [-0.3, -0.25) is 4.79 Å². The van der Waals surface area contributed by atoms with Crippen molar-refractivity contribution in [1.29, 1.82) is 5.26 Å². The summed E-state index contributed by atoms with van der Waals surface area (Å²) in [5.74, 6) is -0.588. The van der Waals surface area contributed by atoms with Gasteiger partial charge in [0.1, 0.15) is 11.1 Å². The SMILES string of the molecule is N#Cc1c(NC(=O)c2ccn(C(F)F)n2)sc2c1CCCC2. The summed E-state index contributed by atoms with van der Waals surface area (Å²) in [6, 6.07) is 3.36. The fraction of sp³-hybridized carbons (Fsp3) is 0.357. The number of amides is 1. The lowest BCUT2D eigenvalue weighted by Gasteiger charge is -2.09. The number of carbonyl (C=O) groups excluding carboxylic acids is 1. The van der Waals surface area contributed by atoms with E-state index in [2.05, 4.69) is 16.5 Å². The van der Waals surface area contributed by atoms with Gasteiger partial charge < -0.3 is 5.32 Å². The van der Waals surface area contributed by atoms with E-state index in [1.165, 1.54) is 17.4 Å². The molecule has 0 saturated heterocycles. The summed E-state index contributed by atoms with van der Waals surface area (Å²) in [6.07, 6.45) is 4.90. The highest BCUT2D eigenvalue weighted by Gasteiger charge is 2.23. The number of nitriles is 1. The van der Waals surface area contributed by atoms with E-state index in [0.717, 1.165) is 42.3 Å². The van der Waals surface area contributed by atoms with Gasteiger partial charge in [-0.2, -0.15) is 19.1 Å². The summed E-state index contributed by atoms with van der Waals surface area (Å²) in [5.41, 5.74) is 1.39. The Balaban J connectivity index is 1.85. The predicted molar refractivity (Wildman–Crippen MR) is 77.1 cm³/mol. The summed E-state index contributed by atoms with van der Waals surface area (Å²) in [5, 5.41) is 15.9. The Kier molecular flexibility index (Phi) is 3.90. The topological polar surface area (TPSA) is 70.7 Å². The number of aromatic nitrogens is 2. The maximum atomic E-state index is 12.5. The number of carbonyl (C=O) groups is 1. The van der Waals surface area contributed by atoms with E-state index in [9.17, 15) is 18.8 Å². The number of hydrogen-bond donors (Lipinski definition) is 1. The van der Waals surface area contributed by atoms with Gasteiger partial charge in [-0.1, -0.05) is 0 Å². The minimum atomic E-state index is -2.79. The minimum absolute atomic E-state index is 0.101. The molecule has 0 unspecified atom stereocenters. The number of alkyl halides is 2. The van der Waals surface area contributed by atoms with Crippen molar-refractivity contribution in [1.82, 2.24) is 9.78 Å². The molecular weight excluding hydrogens is 310 g/mol. The first-order chi connectivity index (χ1) is 10.6. The Morgan fingerprint density at radius 2 is 2.23 bits per heavy atom. The second-order valence-corrected chi connectivity index (χ2v) is 6.04. The number of nitrogens with one attached hydrogen (secondary N) is 1. The number of fused-ring (bicyclic) bond motifs is 1. The molecule has 0 bridgehead atoms. The molecule has 5 nitrogen and oxygen atoms in total. The summed E-state index contributed by atoms with van der Waals surface area (Å²) in [6.45, 7) is -2.79.